The predicted molar refractivity (Wildman–Crippen MR) is 71.2 cm³/mol. The number of para-hydroxylation sites is 1. The average Bonchev–Trinajstić information content (AvgIpc) is 2.90. The fourth-order valence-corrected chi connectivity index (χ4v) is 2.00. The molecule has 94 valence electrons. The quantitative estimate of drug-likeness (QED) is 0.728. The number of hydrogen-bond acceptors (Lipinski definition) is 4. The molecule has 2 heterocycles. The molecule has 0 saturated heterocycles. The lowest BCUT2D eigenvalue weighted by Gasteiger charge is -2.06. The number of halogens is 1. The number of carbonyl (C=O) groups is 1. The Hall–Kier alpha value is -2.40. The molecule has 6 heteroatoms. The number of pyridine rings is 1. The lowest BCUT2D eigenvalue weighted by atomic mass is 10.1. The molecule has 3 rings (SSSR count). The van der Waals surface area contributed by atoms with Gasteiger partial charge in [0.05, 0.1) is 17.3 Å². The van der Waals surface area contributed by atoms with E-state index in [1.165, 1.54) is 18.5 Å². The molecular formula is C13H8ClN3O2. The summed E-state index contributed by atoms with van der Waals surface area (Å²) in [6.45, 7) is 0. The summed E-state index contributed by atoms with van der Waals surface area (Å²) < 4.78 is 4.66. The van der Waals surface area contributed by atoms with Gasteiger partial charge < -0.3 is 9.84 Å². The topological polar surface area (TPSA) is 68.0 Å². The molecule has 0 saturated carbocycles. The second-order valence-corrected chi connectivity index (χ2v) is 4.26. The van der Waals surface area contributed by atoms with Crippen LogP contribution in [-0.2, 0) is 0 Å². The van der Waals surface area contributed by atoms with Crippen LogP contribution in [0.2, 0.25) is 5.15 Å². The van der Waals surface area contributed by atoms with Crippen LogP contribution in [0.4, 0.5) is 5.69 Å². The Balaban J connectivity index is 2.06. The number of benzene rings is 1. The number of hydrogen-bond donors (Lipinski definition) is 1. The molecule has 0 fully saturated rings. The van der Waals surface area contributed by atoms with Gasteiger partial charge in [0.1, 0.15) is 17.1 Å². The molecule has 0 atom stereocenters. The summed E-state index contributed by atoms with van der Waals surface area (Å²) in [4.78, 5) is 16.4. The van der Waals surface area contributed by atoms with Gasteiger partial charge in [-0.25, -0.2) is 4.98 Å². The number of nitrogens with one attached hydrogen (secondary N) is 1. The zero-order valence-corrected chi connectivity index (χ0v) is 10.4. The van der Waals surface area contributed by atoms with Crippen molar-refractivity contribution >= 4 is 34.1 Å². The molecule has 0 aliphatic rings. The van der Waals surface area contributed by atoms with Crippen molar-refractivity contribution in [2.24, 2.45) is 0 Å². The first-order chi connectivity index (χ1) is 9.24. The summed E-state index contributed by atoms with van der Waals surface area (Å²) in [5, 5.41) is 7.21. The lowest BCUT2D eigenvalue weighted by Crippen LogP contribution is -2.12. The molecular weight excluding hydrogens is 266 g/mol. The Labute approximate surface area is 113 Å². The van der Waals surface area contributed by atoms with Crippen LogP contribution in [0.15, 0.2) is 47.3 Å². The van der Waals surface area contributed by atoms with Gasteiger partial charge in [0.15, 0.2) is 0 Å². The van der Waals surface area contributed by atoms with Gasteiger partial charge in [-0.05, 0) is 12.1 Å². The lowest BCUT2D eigenvalue weighted by molar-refractivity contribution is 0.102. The Kier molecular flexibility index (Phi) is 2.89. The average molecular weight is 274 g/mol. The largest absolute Gasteiger partial charge is 0.363 e. The molecule has 0 radical (unpaired) electrons. The number of carbonyl (C=O) groups excluding carboxylic acids is 1. The SMILES string of the molecule is O=C(Nc1cnoc1)c1cc(Cl)nc2ccccc12. The van der Waals surface area contributed by atoms with Crippen LogP contribution in [-0.4, -0.2) is 16.0 Å². The minimum absolute atomic E-state index is 0.272. The van der Waals surface area contributed by atoms with Crippen LogP contribution in [0, 0.1) is 0 Å². The summed E-state index contributed by atoms with van der Waals surface area (Å²) in [5.41, 5.74) is 1.62. The number of nitrogens with zero attached hydrogens (tertiary/aromatic N) is 2. The van der Waals surface area contributed by atoms with Crippen LogP contribution in [0.3, 0.4) is 0 Å². The molecule has 0 aliphatic heterocycles. The van der Waals surface area contributed by atoms with Crippen LogP contribution in [0.5, 0.6) is 0 Å². The molecule has 0 bridgehead atoms. The van der Waals surface area contributed by atoms with E-state index in [0.29, 0.717) is 16.8 Å². The van der Waals surface area contributed by atoms with Crippen molar-refractivity contribution in [3.05, 3.63) is 53.5 Å². The van der Waals surface area contributed by atoms with Crippen LogP contribution < -0.4 is 5.32 Å². The van der Waals surface area contributed by atoms with Gasteiger partial charge in [0.25, 0.3) is 5.91 Å². The maximum atomic E-state index is 12.2. The number of anilines is 1. The number of aromatic nitrogens is 2. The van der Waals surface area contributed by atoms with Gasteiger partial charge in [-0.3, -0.25) is 4.79 Å². The van der Waals surface area contributed by atoms with Crippen molar-refractivity contribution in [1.29, 1.82) is 0 Å². The Morgan fingerprint density at radius 2 is 2.16 bits per heavy atom. The monoisotopic (exact) mass is 273 g/mol. The first-order valence-electron chi connectivity index (χ1n) is 5.50. The molecule has 0 aliphatic carbocycles. The minimum Gasteiger partial charge on any atom is -0.363 e. The van der Waals surface area contributed by atoms with Gasteiger partial charge in [-0.2, -0.15) is 0 Å². The summed E-state index contributed by atoms with van der Waals surface area (Å²) >= 11 is 5.93. The molecule has 5 nitrogen and oxygen atoms in total. The third-order valence-electron chi connectivity index (χ3n) is 2.62. The van der Waals surface area contributed by atoms with E-state index in [2.05, 4.69) is 20.0 Å². The smallest absolute Gasteiger partial charge is 0.256 e. The highest BCUT2D eigenvalue weighted by Crippen LogP contribution is 2.21. The maximum Gasteiger partial charge on any atom is 0.256 e. The zero-order chi connectivity index (χ0) is 13.2. The van der Waals surface area contributed by atoms with Crippen LogP contribution in [0.1, 0.15) is 10.4 Å². The van der Waals surface area contributed by atoms with Crippen molar-refractivity contribution in [2.45, 2.75) is 0 Å². The van der Waals surface area contributed by atoms with Gasteiger partial charge >= 0.3 is 0 Å². The fourth-order valence-electron chi connectivity index (χ4n) is 1.80. The van der Waals surface area contributed by atoms with E-state index in [-0.39, 0.29) is 11.1 Å². The molecule has 2 aromatic heterocycles. The Morgan fingerprint density at radius 3 is 2.95 bits per heavy atom. The van der Waals surface area contributed by atoms with Crippen molar-refractivity contribution in [3.8, 4) is 0 Å². The third-order valence-corrected chi connectivity index (χ3v) is 2.81. The van der Waals surface area contributed by atoms with E-state index < -0.39 is 0 Å². The fraction of sp³-hybridized carbons (Fsp3) is 0. The van der Waals surface area contributed by atoms with Gasteiger partial charge in [-0.1, -0.05) is 35.0 Å². The predicted octanol–water partition coefficient (Wildman–Crippen LogP) is 3.13. The van der Waals surface area contributed by atoms with E-state index in [1.807, 2.05) is 18.2 Å². The van der Waals surface area contributed by atoms with E-state index >= 15 is 0 Å². The zero-order valence-electron chi connectivity index (χ0n) is 9.63. The molecule has 19 heavy (non-hydrogen) atoms. The van der Waals surface area contributed by atoms with Crippen molar-refractivity contribution in [1.82, 2.24) is 10.1 Å². The standard InChI is InChI=1S/C13H8ClN3O2/c14-12-5-10(9-3-1-2-4-11(9)17-12)13(18)16-8-6-15-19-7-8/h1-7H,(H,16,18). The minimum atomic E-state index is -0.288. The van der Waals surface area contributed by atoms with Crippen molar-refractivity contribution in [2.75, 3.05) is 5.32 Å². The summed E-state index contributed by atoms with van der Waals surface area (Å²) in [7, 11) is 0. The molecule has 1 N–H and O–H groups in total. The number of rotatable bonds is 2. The van der Waals surface area contributed by atoms with E-state index in [9.17, 15) is 4.79 Å². The van der Waals surface area contributed by atoms with Crippen LogP contribution in [0.25, 0.3) is 10.9 Å². The molecule has 1 aromatic carbocycles. The van der Waals surface area contributed by atoms with E-state index in [0.717, 1.165) is 5.39 Å². The number of amides is 1. The highest BCUT2D eigenvalue weighted by Gasteiger charge is 2.13. The third kappa shape index (κ3) is 2.28. The highest BCUT2D eigenvalue weighted by atomic mass is 35.5. The van der Waals surface area contributed by atoms with Crippen LogP contribution >= 0.6 is 11.6 Å². The van der Waals surface area contributed by atoms with Gasteiger partial charge in [0.2, 0.25) is 0 Å². The maximum absolute atomic E-state index is 12.2. The molecule has 0 spiro atoms. The van der Waals surface area contributed by atoms with Crippen molar-refractivity contribution in [3.63, 3.8) is 0 Å². The Bertz CT molecular complexity index is 741. The first-order valence-corrected chi connectivity index (χ1v) is 5.88. The number of fused-ring (bicyclic) bond motifs is 1. The van der Waals surface area contributed by atoms with Gasteiger partial charge in [-0.15, -0.1) is 0 Å². The van der Waals surface area contributed by atoms with Crippen molar-refractivity contribution < 1.29 is 9.32 Å². The van der Waals surface area contributed by atoms with E-state index in [4.69, 9.17) is 11.6 Å². The molecule has 3 aromatic rings. The highest BCUT2D eigenvalue weighted by molar-refractivity contribution is 6.30. The first kappa shape index (κ1) is 11.7. The van der Waals surface area contributed by atoms with E-state index in [1.54, 1.807) is 6.07 Å². The second kappa shape index (κ2) is 4.70. The molecule has 1 amide bonds. The summed E-state index contributed by atoms with van der Waals surface area (Å²) in [6, 6.07) is 8.84. The summed E-state index contributed by atoms with van der Waals surface area (Å²) in [6.07, 6.45) is 2.77. The Morgan fingerprint density at radius 1 is 1.32 bits per heavy atom. The summed E-state index contributed by atoms with van der Waals surface area (Å²) in [5.74, 6) is -0.288. The second-order valence-electron chi connectivity index (χ2n) is 3.88. The molecule has 0 unspecified atom stereocenters. The normalized spacial score (nSPS) is 10.6. The van der Waals surface area contributed by atoms with Gasteiger partial charge in [0, 0.05) is 5.39 Å².